The van der Waals surface area contributed by atoms with Crippen molar-refractivity contribution in [1.29, 1.82) is 0 Å². The fourth-order valence-electron chi connectivity index (χ4n) is 2.78. The number of benzene rings is 2. The highest BCUT2D eigenvalue weighted by atomic mass is 16.5. The summed E-state index contributed by atoms with van der Waals surface area (Å²) in [6.45, 7) is 9.54. The van der Waals surface area contributed by atoms with Gasteiger partial charge in [0.1, 0.15) is 5.75 Å². The van der Waals surface area contributed by atoms with E-state index in [1.165, 1.54) is 27.8 Å². The summed E-state index contributed by atoms with van der Waals surface area (Å²) < 4.78 is 5.37. The third-order valence-corrected chi connectivity index (χ3v) is 4.12. The minimum absolute atomic E-state index is 0.222. The van der Waals surface area contributed by atoms with Gasteiger partial charge in [0.05, 0.1) is 13.2 Å². The van der Waals surface area contributed by atoms with E-state index in [2.05, 4.69) is 69.4 Å². The maximum absolute atomic E-state index is 5.37. The Morgan fingerprint density at radius 1 is 1.05 bits per heavy atom. The van der Waals surface area contributed by atoms with Crippen molar-refractivity contribution >= 4 is 0 Å². The Kier molecular flexibility index (Phi) is 5.03. The molecule has 0 amide bonds. The Balaban J connectivity index is 2.48. The van der Waals surface area contributed by atoms with Crippen LogP contribution in [0.1, 0.15) is 40.8 Å². The summed E-state index contributed by atoms with van der Waals surface area (Å²) in [5.74, 6) is 0.940. The minimum Gasteiger partial charge on any atom is -0.496 e. The molecule has 0 aliphatic carbocycles. The van der Waals surface area contributed by atoms with E-state index in [0.717, 1.165) is 12.3 Å². The maximum atomic E-state index is 5.37. The molecule has 0 aliphatic rings. The molecule has 0 saturated carbocycles. The fourth-order valence-corrected chi connectivity index (χ4v) is 2.78. The van der Waals surface area contributed by atoms with Crippen LogP contribution in [-0.4, -0.2) is 13.7 Å². The predicted molar refractivity (Wildman–Crippen MR) is 89.2 cm³/mol. The first-order valence-electron chi connectivity index (χ1n) is 7.52. The van der Waals surface area contributed by atoms with Gasteiger partial charge in [-0.05, 0) is 61.2 Å². The van der Waals surface area contributed by atoms with Crippen LogP contribution in [0.15, 0.2) is 36.4 Å². The lowest BCUT2D eigenvalue weighted by atomic mass is 9.92. The van der Waals surface area contributed by atoms with E-state index in [1.807, 2.05) is 0 Å². The highest BCUT2D eigenvalue weighted by Gasteiger charge is 2.16. The zero-order chi connectivity index (χ0) is 15.4. The second kappa shape index (κ2) is 6.77. The first kappa shape index (κ1) is 15.6. The van der Waals surface area contributed by atoms with Crippen LogP contribution in [-0.2, 0) is 0 Å². The third kappa shape index (κ3) is 3.27. The first-order valence-corrected chi connectivity index (χ1v) is 7.52. The van der Waals surface area contributed by atoms with E-state index in [4.69, 9.17) is 4.74 Å². The number of rotatable bonds is 5. The van der Waals surface area contributed by atoms with Crippen molar-refractivity contribution < 1.29 is 4.74 Å². The summed E-state index contributed by atoms with van der Waals surface area (Å²) in [7, 11) is 1.72. The Morgan fingerprint density at radius 3 is 2.43 bits per heavy atom. The number of nitrogens with one attached hydrogen (secondary N) is 1. The molecule has 0 heterocycles. The molecule has 0 saturated heterocycles. The molecular formula is C19H25NO. The minimum atomic E-state index is 0.222. The van der Waals surface area contributed by atoms with Crippen molar-refractivity contribution in [3.63, 3.8) is 0 Å². The summed E-state index contributed by atoms with van der Waals surface area (Å²) >= 11 is 0. The summed E-state index contributed by atoms with van der Waals surface area (Å²) in [4.78, 5) is 0. The molecule has 0 spiro atoms. The van der Waals surface area contributed by atoms with Crippen LogP contribution < -0.4 is 10.1 Å². The van der Waals surface area contributed by atoms with Crippen LogP contribution in [0.25, 0.3) is 0 Å². The largest absolute Gasteiger partial charge is 0.496 e. The Hall–Kier alpha value is -1.80. The molecule has 2 rings (SSSR count). The number of methoxy groups -OCH3 is 1. The molecular weight excluding hydrogens is 258 g/mol. The van der Waals surface area contributed by atoms with Crippen molar-refractivity contribution in [2.24, 2.45) is 0 Å². The van der Waals surface area contributed by atoms with E-state index < -0.39 is 0 Å². The van der Waals surface area contributed by atoms with E-state index in [1.54, 1.807) is 7.11 Å². The van der Waals surface area contributed by atoms with E-state index in [9.17, 15) is 0 Å². The smallest absolute Gasteiger partial charge is 0.121 e. The Morgan fingerprint density at radius 2 is 1.81 bits per heavy atom. The lowest BCUT2D eigenvalue weighted by Gasteiger charge is -2.23. The summed E-state index contributed by atoms with van der Waals surface area (Å²) in [5, 5.41) is 3.61. The lowest BCUT2D eigenvalue weighted by Crippen LogP contribution is -2.23. The number of aryl methyl sites for hydroxylation is 2. The summed E-state index contributed by atoms with van der Waals surface area (Å²) in [6, 6.07) is 13.2. The highest BCUT2D eigenvalue weighted by Crippen LogP contribution is 2.29. The van der Waals surface area contributed by atoms with Gasteiger partial charge < -0.3 is 10.1 Å². The highest BCUT2D eigenvalue weighted by molar-refractivity contribution is 5.44. The Bertz CT molecular complexity index is 619. The lowest BCUT2D eigenvalue weighted by molar-refractivity contribution is 0.411. The molecule has 2 aromatic rings. The van der Waals surface area contributed by atoms with E-state index >= 15 is 0 Å². The second-order valence-electron chi connectivity index (χ2n) is 5.51. The number of ether oxygens (including phenoxy) is 1. The van der Waals surface area contributed by atoms with Gasteiger partial charge in [0, 0.05) is 0 Å². The van der Waals surface area contributed by atoms with Gasteiger partial charge in [-0.3, -0.25) is 0 Å². The molecule has 2 nitrogen and oxygen atoms in total. The Labute approximate surface area is 128 Å². The standard InChI is InChI=1S/C19H25NO/c1-6-20-19(17-9-7-8-13(2)15(17)4)16-10-11-18(21-5)14(3)12-16/h7-12,19-20H,6H2,1-5H3. The summed E-state index contributed by atoms with van der Waals surface area (Å²) in [5.41, 5.74) is 6.49. The van der Waals surface area contributed by atoms with Gasteiger partial charge in [-0.15, -0.1) is 0 Å². The van der Waals surface area contributed by atoms with Crippen molar-refractivity contribution in [2.45, 2.75) is 33.7 Å². The second-order valence-corrected chi connectivity index (χ2v) is 5.51. The van der Waals surface area contributed by atoms with Crippen LogP contribution in [0, 0.1) is 20.8 Å². The molecule has 0 radical (unpaired) electrons. The molecule has 0 bridgehead atoms. The van der Waals surface area contributed by atoms with Gasteiger partial charge in [-0.2, -0.15) is 0 Å². The zero-order valence-electron chi connectivity index (χ0n) is 13.7. The molecule has 1 unspecified atom stereocenters. The molecule has 112 valence electrons. The quantitative estimate of drug-likeness (QED) is 0.882. The van der Waals surface area contributed by atoms with Crippen molar-refractivity contribution in [1.82, 2.24) is 5.32 Å². The molecule has 1 atom stereocenters. The molecule has 1 N–H and O–H groups in total. The molecule has 2 heteroatoms. The van der Waals surface area contributed by atoms with Crippen LogP contribution in [0.5, 0.6) is 5.75 Å². The van der Waals surface area contributed by atoms with Gasteiger partial charge in [-0.25, -0.2) is 0 Å². The predicted octanol–water partition coefficient (Wildman–Crippen LogP) is 4.32. The van der Waals surface area contributed by atoms with Crippen LogP contribution in [0.2, 0.25) is 0 Å². The normalized spacial score (nSPS) is 12.2. The molecule has 0 fully saturated rings. The van der Waals surface area contributed by atoms with Crippen LogP contribution in [0.3, 0.4) is 0 Å². The van der Waals surface area contributed by atoms with Gasteiger partial charge in [0.15, 0.2) is 0 Å². The summed E-state index contributed by atoms with van der Waals surface area (Å²) in [6.07, 6.45) is 0. The number of hydrogen-bond acceptors (Lipinski definition) is 2. The van der Waals surface area contributed by atoms with Gasteiger partial charge >= 0.3 is 0 Å². The third-order valence-electron chi connectivity index (χ3n) is 4.12. The van der Waals surface area contributed by atoms with Crippen LogP contribution in [0.4, 0.5) is 0 Å². The molecule has 2 aromatic carbocycles. The van der Waals surface area contributed by atoms with Gasteiger partial charge in [0.25, 0.3) is 0 Å². The maximum Gasteiger partial charge on any atom is 0.121 e. The van der Waals surface area contributed by atoms with E-state index in [-0.39, 0.29) is 6.04 Å². The van der Waals surface area contributed by atoms with Gasteiger partial charge in [-0.1, -0.05) is 37.3 Å². The monoisotopic (exact) mass is 283 g/mol. The average molecular weight is 283 g/mol. The van der Waals surface area contributed by atoms with Crippen molar-refractivity contribution in [3.8, 4) is 5.75 Å². The SMILES string of the molecule is CCNC(c1ccc(OC)c(C)c1)c1cccc(C)c1C. The van der Waals surface area contributed by atoms with Crippen LogP contribution >= 0.6 is 0 Å². The topological polar surface area (TPSA) is 21.3 Å². The average Bonchev–Trinajstić information content (AvgIpc) is 2.48. The fraction of sp³-hybridized carbons (Fsp3) is 0.368. The first-order chi connectivity index (χ1) is 10.1. The van der Waals surface area contributed by atoms with Crippen molar-refractivity contribution in [3.05, 3.63) is 64.2 Å². The zero-order valence-corrected chi connectivity index (χ0v) is 13.7. The van der Waals surface area contributed by atoms with Gasteiger partial charge in [0.2, 0.25) is 0 Å². The van der Waals surface area contributed by atoms with Crippen molar-refractivity contribution in [2.75, 3.05) is 13.7 Å². The number of hydrogen-bond donors (Lipinski definition) is 1. The molecule has 0 aromatic heterocycles. The molecule has 21 heavy (non-hydrogen) atoms. The van der Waals surface area contributed by atoms with E-state index in [0.29, 0.717) is 0 Å². The molecule has 0 aliphatic heterocycles.